The third kappa shape index (κ3) is 7.51. The molecule has 0 aliphatic heterocycles. The third-order valence-corrected chi connectivity index (χ3v) is 6.21. The lowest BCUT2D eigenvalue weighted by Crippen LogP contribution is -2.28. The standard InChI is InChI=1S/C22H29NO5S/c1-27-19-14-16-20(17-15-19)29(25,26)23-21(18-10-6-5-7-11-18)12-8-3-4-9-13-22(24)28-2/h5-7,10-11,14-17,21,23H,3-4,8-9,12-13H2,1-2H3. The highest BCUT2D eigenvalue weighted by Gasteiger charge is 2.21. The van der Waals surface area contributed by atoms with Gasteiger partial charge >= 0.3 is 5.97 Å². The predicted molar refractivity (Wildman–Crippen MR) is 112 cm³/mol. The number of ether oxygens (including phenoxy) is 2. The van der Waals surface area contributed by atoms with Crippen LogP contribution in [0, 0.1) is 0 Å². The number of carbonyl (C=O) groups excluding carboxylic acids is 1. The molecule has 0 aliphatic carbocycles. The second-order valence-corrected chi connectivity index (χ2v) is 8.50. The molecular weight excluding hydrogens is 390 g/mol. The van der Waals surface area contributed by atoms with Crippen LogP contribution in [0.2, 0.25) is 0 Å². The Bertz CT molecular complexity index is 851. The van der Waals surface area contributed by atoms with E-state index in [9.17, 15) is 13.2 Å². The molecule has 0 saturated carbocycles. The van der Waals surface area contributed by atoms with E-state index in [1.807, 2.05) is 30.3 Å². The van der Waals surface area contributed by atoms with Crippen molar-refractivity contribution in [2.24, 2.45) is 0 Å². The van der Waals surface area contributed by atoms with Crippen LogP contribution in [0.15, 0.2) is 59.5 Å². The summed E-state index contributed by atoms with van der Waals surface area (Å²) in [6.07, 6.45) is 4.55. The number of esters is 1. The Labute approximate surface area is 173 Å². The van der Waals surface area contributed by atoms with Crippen LogP contribution in [0.4, 0.5) is 0 Å². The van der Waals surface area contributed by atoms with Gasteiger partial charge in [0.2, 0.25) is 10.0 Å². The highest BCUT2D eigenvalue weighted by molar-refractivity contribution is 7.89. The van der Waals surface area contributed by atoms with Crippen molar-refractivity contribution in [1.82, 2.24) is 4.72 Å². The lowest BCUT2D eigenvalue weighted by molar-refractivity contribution is -0.140. The Morgan fingerprint density at radius 2 is 1.59 bits per heavy atom. The van der Waals surface area contributed by atoms with Crippen LogP contribution in [0.5, 0.6) is 5.75 Å². The normalized spacial score (nSPS) is 12.3. The predicted octanol–water partition coefficient (Wildman–Crippen LogP) is 4.23. The quantitative estimate of drug-likeness (QED) is 0.411. The molecule has 7 heteroatoms. The van der Waals surface area contributed by atoms with Crippen molar-refractivity contribution in [2.45, 2.75) is 49.5 Å². The summed E-state index contributed by atoms with van der Waals surface area (Å²) in [4.78, 5) is 11.4. The molecule has 0 spiro atoms. The van der Waals surface area contributed by atoms with Gasteiger partial charge in [-0.15, -0.1) is 0 Å². The Hall–Kier alpha value is -2.38. The van der Waals surface area contributed by atoms with E-state index in [2.05, 4.69) is 9.46 Å². The maximum atomic E-state index is 12.9. The van der Waals surface area contributed by atoms with Crippen LogP contribution in [0.25, 0.3) is 0 Å². The van der Waals surface area contributed by atoms with Gasteiger partial charge in [-0.2, -0.15) is 0 Å². The Morgan fingerprint density at radius 1 is 0.931 bits per heavy atom. The fourth-order valence-corrected chi connectivity index (χ4v) is 4.32. The zero-order valence-corrected chi connectivity index (χ0v) is 17.8. The van der Waals surface area contributed by atoms with Crippen molar-refractivity contribution in [2.75, 3.05) is 14.2 Å². The average molecular weight is 420 g/mol. The molecule has 0 heterocycles. The first-order valence-corrected chi connectivity index (χ1v) is 11.2. The summed E-state index contributed by atoms with van der Waals surface area (Å²) in [5, 5.41) is 0. The van der Waals surface area contributed by atoms with Crippen molar-refractivity contribution < 1.29 is 22.7 Å². The van der Waals surface area contributed by atoms with Crippen molar-refractivity contribution in [3.63, 3.8) is 0 Å². The van der Waals surface area contributed by atoms with Gasteiger partial charge in [0.15, 0.2) is 0 Å². The third-order valence-electron chi connectivity index (χ3n) is 4.72. The summed E-state index contributed by atoms with van der Waals surface area (Å²) in [5.41, 5.74) is 0.930. The summed E-state index contributed by atoms with van der Waals surface area (Å²) >= 11 is 0. The van der Waals surface area contributed by atoms with E-state index in [1.54, 1.807) is 19.2 Å². The molecule has 1 N–H and O–H groups in total. The van der Waals surface area contributed by atoms with Crippen molar-refractivity contribution >= 4 is 16.0 Å². The molecule has 2 rings (SSSR count). The number of unbranched alkanes of at least 4 members (excludes halogenated alkanes) is 3. The molecule has 29 heavy (non-hydrogen) atoms. The molecule has 158 valence electrons. The van der Waals surface area contributed by atoms with Gasteiger partial charge in [-0.25, -0.2) is 13.1 Å². The maximum absolute atomic E-state index is 12.9. The minimum atomic E-state index is -3.66. The maximum Gasteiger partial charge on any atom is 0.305 e. The summed E-state index contributed by atoms with van der Waals surface area (Å²) in [5.74, 6) is 0.412. The van der Waals surface area contributed by atoms with Crippen LogP contribution < -0.4 is 9.46 Å². The number of nitrogens with one attached hydrogen (secondary N) is 1. The van der Waals surface area contributed by atoms with Crippen LogP contribution in [0.1, 0.15) is 50.1 Å². The number of hydrogen-bond acceptors (Lipinski definition) is 5. The Morgan fingerprint density at radius 3 is 2.21 bits per heavy atom. The average Bonchev–Trinajstić information content (AvgIpc) is 2.75. The number of benzene rings is 2. The number of carbonyl (C=O) groups is 1. The zero-order valence-electron chi connectivity index (χ0n) is 17.0. The topological polar surface area (TPSA) is 81.7 Å². The van der Waals surface area contributed by atoms with Gasteiger partial charge in [0.25, 0.3) is 0 Å². The SMILES string of the molecule is COC(=O)CCCCCCC(NS(=O)(=O)c1ccc(OC)cc1)c1ccccc1. The molecule has 0 amide bonds. The molecule has 0 radical (unpaired) electrons. The number of methoxy groups -OCH3 is 2. The zero-order chi connectivity index (χ0) is 21.1. The monoisotopic (exact) mass is 419 g/mol. The van der Waals surface area contributed by atoms with E-state index in [0.717, 1.165) is 31.2 Å². The molecule has 0 aliphatic rings. The minimum absolute atomic E-state index is 0.195. The molecule has 1 atom stereocenters. The van der Waals surface area contributed by atoms with E-state index >= 15 is 0 Å². The smallest absolute Gasteiger partial charge is 0.305 e. The van der Waals surface area contributed by atoms with E-state index in [-0.39, 0.29) is 16.9 Å². The Balaban J connectivity index is 1.99. The fraction of sp³-hybridized carbons (Fsp3) is 0.409. The second kappa shape index (κ2) is 11.6. The fourth-order valence-electron chi connectivity index (χ4n) is 3.06. The lowest BCUT2D eigenvalue weighted by Gasteiger charge is -2.19. The van der Waals surface area contributed by atoms with E-state index in [0.29, 0.717) is 18.6 Å². The van der Waals surface area contributed by atoms with E-state index in [1.165, 1.54) is 19.2 Å². The molecule has 0 aromatic heterocycles. The van der Waals surface area contributed by atoms with Crippen molar-refractivity contribution in [3.05, 3.63) is 60.2 Å². The molecule has 2 aromatic rings. The first kappa shape index (κ1) is 22.9. The van der Waals surface area contributed by atoms with Gasteiger partial charge in [-0.1, -0.05) is 49.6 Å². The molecule has 6 nitrogen and oxygen atoms in total. The summed E-state index contributed by atoms with van der Waals surface area (Å²) in [6.45, 7) is 0. The first-order valence-electron chi connectivity index (χ1n) is 9.74. The molecule has 0 fully saturated rings. The summed E-state index contributed by atoms with van der Waals surface area (Å²) in [7, 11) is -0.731. The van der Waals surface area contributed by atoms with Gasteiger partial charge in [0.1, 0.15) is 5.75 Å². The summed E-state index contributed by atoms with van der Waals surface area (Å²) < 4.78 is 38.3. The summed E-state index contributed by atoms with van der Waals surface area (Å²) in [6, 6.07) is 15.6. The highest BCUT2D eigenvalue weighted by atomic mass is 32.2. The molecule has 2 aromatic carbocycles. The second-order valence-electron chi connectivity index (χ2n) is 6.79. The minimum Gasteiger partial charge on any atom is -0.497 e. The van der Waals surface area contributed by atoms with Crippen LogP contribution in [-0.4, -0.2) is 28.6 Å². The highest BCUT2D eigenvalue weighted by Crippen LogP contribution is 2.24. The molecule has 1 unspecified atom stereocenters. The van der Waals surface area contributed by atoms with Gasteiger partial charge < -0.3 is 9.47 Å². The molecule has 0 saturated heterocycles. The van der Waals surface area contributed by atoms with Crippen molar-refractivity contribution in [1.29, 1.82) is 0 Å². The lowest BCUT2D eigenvalue weighted by atomic mass is 10.0. The number of hydrogen-bond donors (Lipinski definition) is 1. The van der Waals surface area contributed by atoms with Gasteiger partial charge in [-0.3, -0.25) is 4.79 Å². The van der Waals surface area contributed by atoms with Crippen LogP contribution in [0.3, 0.4) is 0 Å². The largest absolute Gasteiger partial charge is 0.497 e. The molecular formula is C22H29NO5S. The van der Waals surface area contributed by atoms with Crippen LogP contribution in [-0.2, 0) is 19.6 Å². The Kier molecular flexibility index (Phi) is 9.15. The first-order chi connectivity index (χ1) is 14.0. The van der Waals surface area contributed by atoms with Gasteiger partial charge in [0, 0.05) is 12.5 Å². The number of rotatable bonds is 12. The van der Waals surface area contributed by atoms with E-state index in [4.69, 9.17) is 4.74 Å². The number of sulfonamides is 1. The van der Waals surface area contributed by atoms with Gasteiger partial charge in [-0.05, 0) is 42.7 Å². The van der Waals surface area contributed by atoms with Crippen LogP contribution >= 0.6 is 0 Å². The van der Waals surface area contributed by atoms with Gasteiger partial charge in [0.05, 0.1) is 19.1 Å². The molecule has 0 bridgehead atoms. The van der Waals surface area contributed by atoms with E-state index < -0.39 is 10.0 Å². The van der Waals surface area contributed by atoms with Crippen molar-refractivity contribution in [3.8, 4) is 5.75 Å².